The van der Waals surface area contributed by atoms with E-state index in [-0.39, 0.29) is 18.3 Å². The van der Waals surface area contributed by atoms with Gasteiger partial charge in [0.1, 0.15) is 12.4 Å². The smallest absolute Gasteiger partial charge is 0.289 e. The number of nitriles is 1. The van der Waals surface area contributed by atoms with Gasteiger partial charge in [-0.1, -0.05) is 12.1 Å². The molecule has 8 nitrogen and oxygen atoms in total. The molecular weight excluding hydrogens is 516 g/mol. The third kappa shape index (κ3) is 6.98. The molecule has 2 aliphatic rings. The number of benzene rings is 2. The number of rotatable bonds is 11. The molecule has 1 amide bonds. The van der Waals surface area contributed by atoms with Crippen LogP contribution in [0.15, 0.2) is 40.8 Å². The number of unbranched alkanes of at least 4 members (excludes halogenated alkanes) is 1. The molecule has 5 rings (SSSR count). The summed E-state index contributed by atoms with van der Waals surface area (Å²) in [7, 11) is 0. The van der Waals surface area contributed by atoms with Gasteiger partial charge in [0, 0.05) is 12.1 Å². The van der Waals surface area contributed by atoms with Gasteiger partial charge in [-0.15, -0.1) is 0 Å². The molecule has 0 bridgehead atoms. The van der Waals surface area contributed by atoms with Crippen LogP contribution in [0.5, 0.6) is 5.75 Å². The topological polar surface area (TPSA) is 112 Å². The van der Waals surface area contributed by atoms with Crippen LogP contribution in [0.1, 0.15) is 82.9 Å². The third-order valence-corrected chi connectivity index (χ3v) is 8.33. The van der Waals surface area contributed by atoms with Gasteiger partial charge in [-0.25, -0.2) is 4.98 Å². The number of aromatic nitrogens is 1. The number of fused-ring (bicyclic) bond motifs is 1. The summed E-state index contributed by atoms with van der Waals surface area (Å²) in [6.45, 7) is 5.88. The Labute approximate surface area is 242 Å². The number of carbonyl (C=O) groups excluding carboxylic acids is 1. The van der Waals surface area contributed by atoms with Crippen LogP contribution in [0.2, 0.25) is 0 Å². The van der Waals surface area contributed by atoms with Gasteiger partial charge in [-0.3, -0.25) is 4.79 Å². The van der Waals surface area contributed by atoms with E-state index in [0.29, 0.717) is 36.2 Å². The van der Waals surface area contributed by atoms with Crippen molar-refractivity contribution in [2.24, 2.45) is 0 Å². The Morgan fingerprint density at radius 1 is 1.15 bits per heavy atom. The summed E-state index contributed by atoms with van der Waals surface area (Å²) in [4.78, 5) is 19.6. The molecule has 1 aliphatic heterocycles. The second-order valence-corrected chi connectivity index (χ2v) is 11.1. The molecule has 2 N–H and O–H groups in total. The monoisotopic (exact) mass is 556 g/mol. The number of likely N-dealkylation sites (tertiary alicyclic amines) is 1. The van der Waals surface area contributed by atoms with E-state index in [9.17, 15) is 9.90 Å². The zero-order valence-electron chi connectivity index (χ0n) is 24.0. The van der Waals surface area contributed by atoms with Gasteiger partial charge in [0.2, 0.25) is 11.7 Å². The van der Waals surface area contributed by atoms with E-state index in [1.165, 1.54) is 29.5 Å². The first kappa shape index (κ1) is 28.8. The number of carbonyl (C=O) groups is 1. The second-order valence-electron chi connectivity index (χ2n) is 11.1. The fraction of sp³-hybridized carbons (Fsp3) is 0.485. The first-order chi connectivity index (χ1) is 20.1. The van der Waals surface area contributed by atoms with Gasteiger partial charge >= 0.3 is 0 Å². The lowest BCUT2D eigenvalue weighted by atomic mass is 9.83. The van der Waals surface area contributed by atoms with E-state index in [2.05, 4.69) is 33.4 Å². The predicted molar refractivity (Wildman–Crippen MR) is 157 cm³/mol. The number of ether oxygens (including phenoxy) is 1. The second kappa shape index (κ2) is 13.8. The Kier molecular flexibility index (Phi) is 9.71. The van der Waals surface area contributed by atoms with Gasteiger partial charge in [-0.05, 0) is 125 Å². The highest BCUT2D eigenvalue weighted by Crippen LogP contribution is 2.40. The normalized spacial score (nSPS) is 15.7. The Hall–Kier alpha value is -3.67. The number of nitrogens with zero attached hydrogens (tertiary/aromatic N) is 3. The van der Waals surface area contributed by atoms with Gasteiger partial charge < -0.3 is 24.5 Å². The van der Waals surface area contributed by atoms with E-state index in [1.54, 1.807) is 31.2 Å². The molecule has 1 aliphatic carbocycles. The third-order valence-electron chi connectivity index (χ3n) is 8.33. The zero-order chi connectivity index (χ0) is 28.6. The number of hydrogen-bond donors (Lipinski definition) is 2. The summed E-state index contributed by atoms with van der Waals surface area (Å²) < 4.78 is 11.9. The average Bonchev–Trinajstić information content (AvgIpc) is 3.41. The number of aryl methyl sites for hydroxylation is 2. The van der Waals surface area contributed by atoms with Crippen molar-refractivity contribution in [1.82, 2.24) is 15.2 Å². The molecule has 0 unspecified atom stereocenters. The molecule has 8 heteroatoms. The molecule has 0 saturated carbocycles. The lowest BCUT2D eigenvalue weighted by Crippen LogP contribution is -2.34. The van der Waals surface area contributed by atoms with Crippen LogP contribution in [0.3, 0.4) is 0 Å². The maximum Gasteiger partial charge on any atom is 0.289 e. The number of aliphatic hydroxyl groups excluding tert-OH is 1. The first-order valence-electron chi connectivity index (χ1n) is 14.9. The fourth-order valence-electron chi connectivity index (χ4n) is 6.08. The number of piperidine rings is 1. The van der Waals surface area contributed by atoms with Crippen LogP contribution in [0.4, 0.5) is 0 Å². The van der Waals surface area contributed by atoms with Gasteiger partial charge in [0.25, 0.3) is 5.91 Å². The van der Waals surface area contributed by atoms with Crippen molar-refractivity contribution in [1.29, 1.82) is 5.26 Å². The minimum Gasteiger partial charge on any atom is -0.491 e. The highest BCUT2D eigenvalue weighted by molar-refractivity contribution is 5.92. The number of aliphatic hydroxyl groups is 1. The molecule has 0 radical (unpaired) electrons. The van der Waals surface area contributed by atoms with Crippen LogP contribution in [0, 0.1) is 18.3 Å². The molecule has 1 fully saturated rings. The summed E-state index contributed by atoms with van der Waals surface area (Å²) in [5, 5.41) is 21.3. The van der Waals surface area contributed by atoms with Crippen molar-refractivity contribution in [3.05, 3.63) is 70.1 Å². The Balaban J connectivity index is 1.06. The maximum atomic E-state index is 12.7. The Morgan fingerprint density at radius 3 is 2.68 bits per heavy atom. The number of nitrogens with one attached hydrogen (secondary N) is 1. The lowest BCUT2D eigenvalue weighted by Gasteiger charge is -2.34. The lowest BCUT2D eigenvalue weighted by molar-refractivity contribution is 0.0924. The molecule has 1 aromatic heterocycles. The summed E-state index contributed by atoms with van der Waals surface area (Å²) in [6, 6.07) is 13.6. The summed E-state index contributed by atoms with van der Waals surface area (Å²) in [6.07, 6.45) is 8.78. The summed E-state index contributed by atoms with van der Waals surface area (Å²) in [5.74, 6) is 1.90. The van der Waals surface area contributed by atoms with E-state index in [4.69, 9.17) is 14.4 Å². The Bertz CT molecular complexity index is 1370. The molecule has 41 heavy (non-hydrogen) atoms. The maximum absolute atomic E-state index is 12.7. The highest BCUT2D eigenvalue weighted by Gasteiger charge is 2.26. The van der Waals surface area contributed by atoms with E-state index in [1.807, 2.05) is 0 Å². The molecule has 0 atom stereocenters. The van der Waals surface area contributed by atoms with Crippen LogP contribution in [-0.4, -0.2) is 60.3 Å². The van der Waals surface area contributed by atoms with Crippen molar-refractivity contribution >= 4 is 5.91 Å². The largest absolute Gasteiger partial charge is 0.491 e. The van der Waals surface area contributed by atoms with Crippen molar-refractivity contribution in [2.75, 3.05) is 39.4 Å². The van der Waals surface area contributed by atoms with Crippen molar-refractivity contribution in [3.8, 4) is 23.3 Å². The molecule has 3 aromatic rings. The van der Waals surface area contributed by atoms with Crippen LogP contribution >= 0.6 is 0 Å². The van der Waals surface area contributed by atoms with Crippen LogP contribution in [-0.2, 0) is 12.8 Å². The molecule has 2 aromatic carbocycles. The van der Waals surface area contributed by atoms with Gasteiger partial charge in [0.15, 0.2) is 0 Å². The van der Waals surface area contributed by atoms with E-state index in [0.717, 1.165) is 69.5 Å². The number of oxazole rings is 1. The SMILES string of the molecule is Cc1nc(-c2ccc(C#N)cc2)oc1C(=O)NCCCCN1CCC(c2ccc3c(c2OCCO)CCCC3)CC1. The van der Waals surface area contributed by atoms with Gasteiger partial charge in [-0.2, -0.15) is 5.26 Å². The van der Waals surface area contributed by atoms with Gasteiger partial charge in [0.05, 0.1) is 23.9 Å². The van der Waals surface area contributed by atoms with E-state index < -0.39 is 0 Å². The molecule has 0 spiro atoms. The van der Waals surface area contributed by atoms with Crippen LogP contribution in [0.25, 0.3) is 11.5 Å². The predicted octanol–water partition coefficient (Wildman–Crippen LogP) is 5.16. The number of amides is 1. The van der Waals surface area contributed by atoms with Crippen molar-refractivity contribution in [3.63, 3.8) is 0 Å². The Morgan fingerprint density at radius 2 is 1.93 bits per heavy atom. The summed E-state index contributed by atoms with van der Waals surface area (Å²) in [5.41, 5.74) is 5.96. The molecule has 2 heterocycles. The standard InChI is InChI=1S/C33H40N4O4/c1-23-30(41-33(36-23)27-10-8-24(22-34)9-11-27)32(39)35-16-4-5-17-37-18-14-26(15-19-37)29-13-12-25-6-2-3-7-28(25)31(29)40-21-20-38/h8-13,26,38H,2-7,14-21H2,1H3,(H,35,39). The zero-order valence-corrected chi connectivity index (χ0v) is 24.0. The number of hydrogen-bond acceptors (Lipinski definition) is 7. The molecule has 1 saturated heterocycles. The van der Waals surface area contributed by atoms with Crippen LogP contribution < -0.4 is 10.1 Å². The average molecular weight is 557 g/mol. The quantitative estimate of drug-likeness (QED) is 0.314. The fourth-order valence-corrected chi connectivity index (χ4v) is 6.08. The molecule has 216 valence electrons. The minimum absolute atomic E-state index is 0.0413. The minimum atomic E-state index is -0.250. The van der Waals surface area contributed by atoms with E-state index >= 15 is 0 Å². The summed E-state index contributed by atoms with van der Waals surface area (Å²) >= 11 is 0. The molecular formula is C33H40N4O4. The van der Waals surface area contributed by atoms with Crippen molar-refractivity contribution in [2.45, 2.75) is 64.2 Å². The first-order valence-corrected chi connectivity index (χ1v) is 14.9. The van der Waals surface area contributed by atoms with Crippen molar-refractivity contribution < 1.29 is 19.1 Å². The highest BCUT2D eigenvalue weighted by atomic mass is 16.5.